The standard InChI is InChI=1S/C21H27BrN2O3/c1-21(2,14-19(26)27-4)10-9-16(15-5-7-17(22)8-6-15)13-18(25)20-23-11-12-24(20)3/h5-8,11-12,16H,9-10,13-14H2,1-4H3. The van der Waals surface area contributed by atoms with Gasteiger partial charge in [-0.2, -0.15) is 0 Å². The molecule has 0 aliphatic heterocycles. The number of ketones is 1. The SMILES string of the molecule is COC(=O)CC(C)(C)CCC(CC(=O)c1nccn1C)c1ccc(Br)cc1. The normalized spacial score (nSPS) is 12.6. The molecule has 0 fully saturated rings. The lowest BCUT2D eigenvalue weighted by Gasteiger charge is -2.26. The summed E-state index contributed by atoms with van der Waals surface area (Å²) in [7, 11) is 3.24. The number of benzene rings is 1. The maximum atomic E-state index is 12.8. The number of esters is 1. The Labute approximate surface area is 169 Å². The highest BCUT2D eigenvalue weighted by Gasteiger charge is 2.26. The average molecular weight is 435 g/mol. The van der Waals surface area contributed by atoms with E-state index in [4.69, 9.17) is 4.74 Å². The van der Waals surface area contributed by atoms with Crippen molar-refractivity contribution >= 4 is 27.7 Å². The van der Waals surface area contributed by atoms with Gasteiger partial charge >= 0.3 is 5.97 Å². The van der Waals surface area contributed by atoms with Crippen LogP contribution in [0.2, 0.25) is 0 Å². The number of nitrogens with zero attached hydrogens (tertiary/aromatic N) is 2. The third-order valence-corrected chi connectivity index (χ3v) is 5.39. The van der Waals surface area contributed by atoms with Crippen molar-refractivity contribution in [1.29, 1.82) is 0 Å². The molecule has 2 aromatic rings. The Kier molecular flexibility index (Phi) is 7.36. The van der Waals surface area contributed by atoms with Crippen LogP contribution in [-0.2, 0) is 16.6 Å². The molecule has 0 aliphatic carbocycles. The highest BCUT2D eigenvalue weighted by atomic mass is 79.9. The van der Waals surface area contributed by atoms with Gasteiger partial charge in [-0.15, -0.1) is 0 Å². The molecule has 2 rings (SSSR count). The maximum absolute atomic E-state index is 12.8. The Morgan fingerprint density at radius 2 is 1.93 bits per heavy atom. The van der Waals surface area contributed by atoms with Crippen molar-refractivity contribution in [2.24, 2.45) is 12.5 Å². The number of methoxy groups -OCH3 is 1. The van der Waals surface area contributed by atoms with Crippen molar-refractivity contribution in [2.45, 2.75) is 45.4 Å². The number of carbonyl (C=O) groups excluding carboxylic acids is 2. The van der Waals surface area contributed by atoms with Crippen LogP contribution in [0.15, 0.2) is 41.1 Å². The minimum Gasteiger partial charge on any atom is -0.469 e. The molecule has 0 radical (unpaired) electrons. The summed E-state index contributed by atoms with van der Waals surface area (Å²) in [6.45, 7) is 4.12. The van der Waals surface area contributed by atoms with Crippen LogP contribution in [0.1, 0.15) is 61.6 Å². The topological polar surface area (TPSA) is 61.2 Å². The van der Waals surface area contributed by atoms with Gasteiger partial charge in [0.05, 0.1) is 13.5 Å². The lowest BCUT2D eigenvalue weighted by molar-refractivity contribution is -0.143. The van der Waals surface area contributed by atoms with Gasteiger partial charge in [-0.1, -0.05) is 41.9 Å². The molecule has 0 saturated carbocycles. The maximum Gasteiger partial charge on any atom is 0.306 e. The third kappa shape index (κ3) is 6.31. The van der Waals surface area contributed by atoms with E-state index in [-0.39, 0.29) is 23.1 Å². The zero-order valence-corrected chi connectivity index (χ0v) is 18.0. The minimum absolute atomic E-state index is 0.0289. The van der Waals surface area contributed by atoms with Gasteiger partial charge in [0.2, 0.25) is 0 Å². The van der Waals surface area contributed by atoms with Gasteiger partial charge in [0.1, 0.15) is 0 Å². The van der Waals surface area contributed by atoms with Crippen molar-refractivity contribution < 1.29 is 14.3 Å². The van der Waals surface area contributed by atoms with Crippen LogP contribution < -0.4 is 0 Å². The molecule has 1 unspecified atom stereocenters. The molecule has 146 valence electrons. The Morgan fingerprint density at radius 1 is 1.26 bits per heavy atom. The smallest absolute Gasteiger partial charge is 0.306 e. The van der Waals surface area contributed by atoms with E-state index in [0.717, 1.165) is 22.9 Å². The zero-order valence-electron chi connectivity index (χ0n) is 16.4. The predicted molar refractivity (Wildman–Crippen MR) is 109 cm³/mol. The van der Waals surface area contributed by atoms with Crippen molar-refractivity contribution in [2.75, 3.05) is 7.11 Å². The van der Waals surface area contributed by atoms with Crippen LogP contribution in [0.4, 0.5) is 0 Å². The van der Waals surface area contributed by atoms with Crippen molar-refractivity contribution in [3.8, 4) is 0 Å². The Bertz CT molecular complexity index is 781. The lowest BCUT2D eigenvalue weighted by Crippen LogP contribution is -2.20. The monoisotopic (exact) mass is 434 g/mol. The van der Waals surface area contributed by atoms with Crippen LogP contribution in [0, 0.1) is 5.41 Å². The van der Waals surface area contributed by atoms with E-state index in [9.17, 15) is 9.59 Å². The zero-order chi connectivity index (χ0) is 20.0. The fourth-order valence-corrected chi connectivity index (χ4v) is 3.45. The van der Waals surface area contributed by atoms with Gasteiger partial charge in [0, 0.05) is 30.3 Å². The number of halogens is 1. The van der Waals surface area contributed by atoms with Crippen LogP contribution in [0.3, 0.4) is 0 Å². The van der Waals surface area contributed by atoms with Crippen LogP contribution in [-0.4, -0.2) is 28.4 Å². The molecule has 0 saturated heterocycles. The number of aromatic nitrogens is 2. The Hall–Kier alpha value is -1.95. The van der Waals surface area contributed by atoms with E-state index in [0.29, 0.717) is 18.7 Å². The molecule has 0 aliphatic rings. The Balaban J connectivity index is 2.15. The molecule has 0 bridgehead atoms. The molecule has 1 aromatic carbocycles. The van der Waals surface area contributed by atoms with Crippen LogP contribution >= 0.6 is 15.9 Å². The summed E-state index contributed by atoms with van der Waals surface area (Å²) >= 11 is 3.46. The lowest BCUT2D eigenvalue weighted by atomic mass is 9.79. The van der Waals surface area contributed by atoms with E-state index in [1.807, 2.05) is 31.3 Å². The highest BCUT2D eigenvalue weighted by molar-refractivity contribution is 9.10. The fraction of sp³-hybridized carbons (Fsp3) is 0.476. The first-order valence-electron chi connectivity index (χ1n) is 9.04. The van der Waals surface area contributed by atoms with E-state index >= 15 is 0 Å². The van der Waals surface area contributed by atoms with Gasteiger partial charge in [-0.05, 0) is 41.9 Å². The number of aryl methyl sites for hydroxylation is 1. The first-order valence-corrected chi connectivity index (χ1v) is 9.84. The van der Waals surface area contributed by atoms with E-state index in [2.05, 4.69) is 34.8 Å². The second-order valence-electron chi connectivity index (χ2n) is 7.69. The molecule has 0 N–H and O–H groups in total. The molecule has 27 heavy (non-hydrogen) atoms. The van der Waals surface area contributed by atoms with Gasteiger partial charge in [0.15, 0.2) is 11.6 Å². The Morgan fingerprint density at radius 3 is 2.48 bits per heavy atom. The number of carbonyl (C=O) groups is 2. The molecule has 0 spiro atoms. The van der Waals surface area contributed by atoms with Gasteiger partial charge < -0.3 is 9.30 Å². The summed E-state index contributed by atoms with van der Waals surface area (Å²) in [5, 5.41) is 0. The van der Waals surface area contributed by atoms with Gasteiger partial charge in [0.25, 0.3) is 0 Å². The number of rotatable bonds is 9. The first-order chi connectivity index (χ1) is 12.7. The van der Waals surface area contributed by atoms with Crippen molar-refractivity contribution in [3.63, 3.8) is 0 Å². The first kappa shape index (κ1) is 21.4. The van der Waals surface area contributed by atoms with E-state index < -0.39 is 0 Å². The predicted octanol–water partition coefficient (Wildman–Crippen LogP) is 4.91. The molecule has 0 amide bonds. The summed E-state index contributed by atoms with van der Waals surface area (Å²) in [4.78, 5) is 28.6. The number of ether oxygens (including phenoxy) is 1. The molecular weight excluding hydrogens is 408 g/mol. The number of imidazole rings is 1. The molecule has 1 heterocycles. The largest absolute Gasteiger partial charge is 0.469 e. The second kappa shape index (κ2) is 9.31. The molecule has 6 heteroatoms. The average Bonchev–Trinajstić information content (AvgIpc) is 3.05. The third-order valence-electron chi connectivity index (χ3n) is 4.86. The second-order valence-corrected chi connectivity index (χ2v) is 8.61. The minimum atomic E-state index is -0.204. The summed E-state index contributed by atoms with van der Waals surface area (Å²) in [6.07, 6.45) is 5.80. The summed E-state index contributed by atoms with van der Waals surface area (Å²) in [6, 6.07) is 8.09. The number of hydrogen-bond donors (Lipinski definition) is 0. The van der Waals surface area contributed by atoms with E-state index in [1.165, 1.54) is 7.11 Å². The fourth-order valence-electron chi connectivity index (χ4n) is 3.19. The number of Topliss-reactive ketones (excluding diaryl/α,β-unsaturated/α-hetero) is 1. The summed E-state index contributed by atoms with van der Waals surface area (Å²) < 4.78 is 7.57. The molecule has 1 aromatic heterocycles. The van der Waals surface area contributed by atoms with Crippen molar-refractivity contribution in [3.05, 3.63) is 52.5 Å². The summed E-state index contributed by atoms with van der Waals surface area (Å²) in [5.74, 6) is 0.371. The summed E-state index contributed by atoms with van der Waals surface area (Å²) in [5.41, 5.74) is 0.933. The van der Waals surface area contributed by atoms with Crippen LogP contribution in [0.5, 0.6) is 0 Å². The molecule has 1 atom stereocenters. The van der Waals surface area contributed by atoms with Crippen LogP contribution in [0.25, 0.3) is 0 Å². The molecule has 5 nitrogen and oxygen atoms in total. The van der Waals surface area contributed by atoms with Crippen molar-refractivity contribution in [1.82, 2.24) is 9.55 Å². The quantitative estimate of drug-likeness (QED) is 0.415. The number of hydrogen-bond acceptors (Lipinski definition) is 4. The highest BCUT2D eigenvalue weighted by Crippen LogP contribution is 2.35. The van der Waals surface area contributed by atoms with E-state index in [1.54, 1.807) is 17.0 Å². The van der Waals surface area contributed by atoms with Gasteiger partial charge in [-0.3, -0.25) is 9.59 Å². The van der Waals surface area contributed by atoms with Gasteiger partial charge in [-0.25, -0.2) is 4.98 Å². The molecular formula is C21H27BrN2O3.